The van der Waals surface area contributed by atoms with Gasteiger partial charge in [0.1, 0.15) is 0 Å². The molecule has 116 valence electrons. The van der Waals surface area contributed by atoms with Crippen molar-refractivity contribution in [1.29, 1.82) is 0 Å². The summed E-state index contributed by atoms with van der Waals surface area (Å²) in [5.74, 6) is -0.424. The van der Waals surface area contributed by atoms with Crippen LogP contribution >= 0.6 is 11.6 Å². The number of carbonyl (C=O) groups is 1. The Morgan fingerprint density at radius 3 is 2.55 bits per heavy atom. The molecule has 1 N–H and O–H groups in total. The number of alkyl halides is 3. The summed E-state index contributed by atoms with van der Waals surface area (Å²) in [7, 11) is 0. The van der Waals surface area contributed by atoms with E-state index < -0.39 is 17.6 Å². The summed E-state index contributed by atoms with van der Waals surface area (Å²) in [5, 5.41) is 2.48. The third kappa shape index (κ3) is 4.24. The van der Waals surface area contributed by atoms with Crippen molar-refractivity contribution >= 4 is 23.2 Å². The van der Waals surface area contributed by atoms with Gasteiger partial charge in [0.15, 0.2) is 0 Å². The summed E-state index contributed by atoms with van der Waals surface area (Å²) < 4.78 is 38.0. The number of hydrogen-bond acceptors (Lipinski definition) is 1. The zero-order valence-electron chi connectivity index (χ0n) is 11.7. The smallest absolute Gasteiger partial charge is 0.324 e. The van der Waals surface area contributed by atoms with Crippen LogP contribution in [0.2, 0.25) is 5.02 Å². The average Bonchev–Trinajstić information content (AvgIpc) is 2.40. The third-order valence-electron chi connectivity index (χ3n) is 3.01. The molecule has 1 amide bonds. The van der Waals surface area contributed by atoms with E-state index in [0.29, 0.717) is 0 Å². The van der Waals surface area contributed by atoms with Crippen LogP contribution in [-0.2, 0) is 17.4 Å². The van der Waals surface area contributed by atoms with Gasteiger partial charge >= 0.3 is 6.18 Å². The second kappa shape index (κ2) is 6.40. The van der Waals surface area contributed by atoms with Crippen LogP contribution in [-0.4, -0.2) is 5.91 Å². The Hall–Kier alpha value is -2.01. The lowest BCUT2D eigenvalue weighted by atomic mass is 10.1. The van der Waals surface area contributed by atoms with E-state index in [1.54, 1.807) is 6.07 Å². The molecule has 0 atom stereocenters. The molecule has 2 aromatic rings. The lowest BCUT2D eigenvalue weighted by molar-refractivity contribution is -0.137. The molecule has 0 aliphatic rings. The number of nitrogens with one attached hydrogen (secondary N) is 1. The summed E-state index contributed by atoms with van der Waals surface area (Å²) in [6.07, 6.45) is -4.42. The van der Waals surface area contributed by atoms with Crippen LogP contribution in [0, 0.1) is 6.92 Å². The van der Waals surface area contributed by atoms with Crippen molar-refractivity contribution in [3.63, 3.8) is 0 Å². The minimum absolute atomic E-state index is 0.0471. The lowest BCUT2D eigenvalue weighted by Gasteiger charge is -2.12. The summed E-state index contributed by atoms with van der Waals surface area (Å²) in [4.78, 5) is 12.0. The zero-order chi connectivity index (χ0) is 16.3. The largest absolute Gasteiger partial charge is 0.416 e. The summed E-state index contributed by atoms with van der Waals surface area (Å²) in [6, 6.07) is 10.1. The number of benzene rings is 2. The van der Waals surface area contributed by atoms with Gasteiger partial charge in [0, 0.05) is 0 Å². The maximum absolute atomic E-state index is 12.7. The van der Waals surface area contributed by atoms with Crippen LogP contribution in [0.15, 0.2) is 42.5 Å². The number of hydrogen-bond donors (Lipinski definition) is 1. The summed E-state index contributed by atoms with van der Waals surface area (Å²) in [5.41, 5.74) is 0.875. The Morgan fingerprint density at radius 1 is 1.18 bits per heavy atom. The first-order chi connectivity index (χ1) is 10.3. The Kier molecular flexibility index (Phi) is 4.76. The van der Waals surface area contributed by atoms with Crippen LogP contribution in [0.4, 0.5) is 18.9 Å². The van der Waals surface area contributed by atoms with E-state index in [4.69, 9.17) is 11.6 Å². The van der Waals surface area contributed by atoms with Crippen molar-refractivity contribution in [3.8, 4) is 0 Å². The lowest BCUT2D eigenvalue weighted by Crippen LogP contribution is -2.15. The van der Waals surface area contributed by atoms with E-state index in [9.17, 15) is 18.0 Å². The Morgan fingerprint density at radius 2 is 1.91 bits per heavy atom. The quantitative estimate of drug-likeness (QED) is 0.858. The minimum Gasteiger partial charge on any atom is -0.324 e. The van der Waals surface area contributed by atoms with Crippen molar-refractivity contribution in [1.82, 2.24) is 0 Å². The van der Waals surface area contributed by atoms with E-state index in [2.05, 4.69) is 5.32 Å². The second-order valence-corrected chi connectivity index (χ2v) is 5.31. The van der Waals surface area contributed by atoms with Gasteiger partial charge in [-0.05, 0) is 30.7 Å². The highest BCUT2D eigenvalue weighted by Gasteiger charge is 2.31. The minimum atomic E-state index is -4.49. The maximum Gasteiger partial charge on any atom is 0.416 e. The van der Waals surface area contributed by atoms with Crippen LogP contribution in [0.3, 0.4) is 0 Å². The van der Waals surface area contributed by atoms with Gasteiger partial charge in [-0.2, -0.15) is 13.2 Å². The fourth-order valence-corrected chi connectivity index (χ4v) is 2.16. The van der Waals surface area contributed by atoms with Crippen molar-refractivity contribution in [2.24, 2.45) is 0 Å². The molecule has 2 rings (SSSR count). The predicted octanol–water partition coefficient (Wildman–Crippen LogP) is 4.85. The number of aryl methyl sites for hydroxylation is 1. The van der Waals surface area contributed by atoms with Gasteiger partial charge < -0.3 is 5.32 Å². The topological polar surface area (TPSA) is 29.1 Å². The molecule has 22 heavy (non-hydrogen) atoms. The van der Waals surface area contributed by atoms with Gasteiger partial charge in [-0.3, -0.25) is 4.79 Å². The fourth-order valence-electron chi connectivity index (χ4n) is 2.00. The predicted molar refractivity (Wildman–Crippen MR) is 80.0 cm³/mol. The molecule has 0 saturated carbocycles. The van der Waals surface area contributed by atoms with Crippen molar-refractivity contribution < 1.29 is 18.0 Å². The van der Waals surface area contributed by atoms with Crippen LogP contribution in [0.25, 0.3) is 0 Å². The van der Waals surface area contributed by atoms with Crippen molar-refractivity contribution in [3.05, 3.63) is 64.2 Å². The number of halogens is 4. The first-order valence-corrected chi connectivity index (χ1v) is 6.85. The first-order valence-electron chi connectivity index (χ1n) is 6.48. The van der Waals surface area contributed by atoms with Crippen LogP contribution in [0.5, 0.6) is 0 Å². The molecule has 0 fully saturated rings. The van der Waals surface area contributed by atoms with Crippen LogP contribution in [0.1, 0.15) is 16.7 Å². The molecular formula is C16H13ClF3NO. The molecule has 0 saturated heterocycles. The standard InChI is InChI=1S/C16H13ClF3NO/c1-10-3-2-4-11(7-10)8-15(22)21-14-9-12(16(18,19)20)5-6-13(14)17/h2-7,9H,8H2,1H3,(H,21,22). The fraction of sp³-hybridized carbons (Fsp3) is 0.188. The highest BCUT2D eigenvalue weighted by atomic mass is 35.5. The van der Waals surface area contributed by atoms with Gasteiger partial charge in [-0.25, -0.2) is 0 Å². The molecule has 0 aromatic heterocycles. The molecule has 0 heterocycles. The highest BCUT2D eigenvalue weighted by Crippen LogP contribution is 2.33. The SMILES string of the molecule is Cc1cccc(CC(=O)Nc2cc(C(F)(F)F)ccc2Cl)c1. The molecular weight excluding hydrogens is 315 g/mol. The Bertz CT molecular complexity index is 698. The number of anilines is 1. The van der Waals surface area contributed by atoms with E-state index in [0.717, 1.165) is 29.3 Å². The molecule has 0 aliphatic carbocycles. The number of amides is 1. The normalized spacial score (nSPS) is 11.3. The highest BCUT2D eigenvalue weighted by molar-refractivity contribution is 6.33. The van der Waals surface area contributed by atoms with Gasteiger partial charge in [-0.1, -0.05) is 41.4 Å². The van der Waals surface area contributed by atoms with Crippen molar-refractivity contribution in [2.45, 2.75) is 19.5 Å². The Labute approximate surface area is 130 Å². The number of carbonyl (C=O) groups excluding carboxylic acids is 1. The van der Waals surface area contributed by atoms with Gasteiger partial charge in [0.2, 0.25) is 5.91 Å². The maximum atomic E-state index is 12.7. The molecule has 6 heteroatoms. The summed E-state index contributed by atoms with van der Waals surface area (Å²) >= 11 is 5.84. The number of rotatable bonds is 3. The van der Waals surface area contributed by atoms with Gasteiger partial charge in [0.05, 0.1) is 22.7 Å². The van der Waals surface area contributed by atoms with Crippen molar-refractivity contribution in [2.75, 3.05) is 5.32 Å². The Balaban J connectivity index is 2.14. The molecule has 0 unspecified atom stereocenters. The molecule has 0 spiro atoms. The average molecular weight is 328 g/mol. The molecule has 0 aliphatic heterocycles. The summed E-state index contributed by atoms with van der Waals surface area (Å²) in [6.45, 7) is 1.89. The monoisotopic (exact) mass is 327 g/mol. The van der Waals surface area contributed by atoms with E-state index in [-0.39, 0.29) is 17.1 Å². The second-order valence-electron chi connectivity index (χ2n) is 4.91. The van der Waals surface area contributed by atoms with E-state index in [1.807, 2.05) is 25.1 Å². The van der Waals surface area contributed by atoms with E-state index >= 15 is 0 Å². The van der Waals surface area contributed by atoms with E-state index in [1.165, 1.54) is 0 Å². The van der Waals surface area contributed by atoms with Gasteiger partial charge in [0.25, 0.3) is 0 Å². The molecule has 0 radical (unpaired) electrons. The molecule has 0 bridgehead atoms. The first kappa shape index (κ1) is 16.4. The van der Waals surface area contributed by atoms with Gasteiger partial charge in [-0.15, -0.1) is 0 Å². The zero-order valence-corrected chi connectivity index (χ0v) is 12.4. The molecule has 2 aromatic carbocycles. The third-order valence-corrected chi connectivity index (χ3v) is 3.34. The molecule has 2 nitrogen and oxygen atoms in total. The van der Waals surface area contributed by atoms with Crippen LogP contribution < -0.4 is 5.32 Å².